The van der Waals surface area contributed by atoms with Crippen molar-refractivity contribution in [3.05, 3.63) is 28.8 Å². The van der Waals surface area contributed by atoms with E-state index in [0.717, 1.165) is 16.9 Å². The molecule has 0 aliphatic heterocycles. The number of nitrogens with one attached hydrogen (secondary N) is 1. The fourth-order valence-electron chi connectivity index (χ4n) is 1.78. The Balaban J connectivity index is 2.58. The number of rotatable bonds is 6. The van der Waals surface area contributed by atoms with E-state index < -0.39 is 0 Å². The van der Waals surface area contributed by atoms with Gasteiger partial charge in [-0.15, -0.1) is 0 Å². The van der Waals surface area contributed by atoms with Gasteiger partial charge < -0.3 is 14.8 Å². The van der Waals surface area contributed by atoms with E-state index in [1.54, 1.807) is 14.0 Å². The molecule has 0 heterocycles. The molecular weight excluding hydrogens is 230 g/mol. The highest BCUT2D eigenvalue weighted by Gasteiger charge is 2.07. The predicted octanol–water partition coefficient (Wildman–Crippen LogP) is 1.96. The van der Waals surface area contributed by atoms with Crippen LogP contribution in [0.4, 0.5) is 0 Å². The number of carbonyl (C=O) groups excluding carboxylic acids is 1. The molecule has 4 heteroatoms. The standard InChI is InChI=1S/C14H21NO3/c1-5-18-14(16)9-15-8-12-6-7-13(17-4)11(3)10(12)2/h6-7,15H,5,8-9H2,1-4H3. The number of methoxy groups -OCH3 is 1. The largest absolute Gasteiger partial charge is 0.496 e. The fourth-order valence-corrected chi connectivity index (χ4v) is 1.78. The fraction of sp³-hybridized carbons (Fsp3) is 0.500. The van der Waals surface area contributed by atoms with Gasteiger partial charge in [-0.05, 0) is 43.5 Å². The van der Waals surface area contributed by atoms with Crippen LogP contribution in [-0.4, -0.2) is 26.2 Å². The summed E-state index contributed by atoms with van der Waals surface area (Å²) in [7, 11) is 1.67. The maximum Gasteiger partial charge on any atom is 0.319 e. The van der Waals surface area contributed by atoms with E-state index in [1.807, 2.05) is 19.1 Å². The van der Waals surface area contributed by atoms with Crippen molar-refractivity contribution in [3.63, 3.8) is 0 Å². The first-order valence-electron chi connectivity index (χ1n) is 6.09. The molecule has 100 valence electrons. The molecule has 4 nitrogen and oxygen atoms in total. The van der Waals surface area contributed by atoms with Crippen molar-refractivity contribution < 1.29 is 14.3 Å². The van der Waals surface area contributed by atoms with Gasteiger partial charge >= 0.3 is 5.97 Å². The molecule has 0 bridgehead atoms. The van der Waals surface area contributed by atoms with Crippen molar-refractivity contribution in [2.24, 2.45) is 0 Å². The topological polar surface area (TPSA) is 47.6 Å². The van der Waals surface area contributed by atoms with Crippen molar-refractivity contribution >= 4 is 5.97 Å². The first kappa shape index (κ1) is 14.5. The van der Waals surface area contributed by atoms with Crippen LogP contribution in [0.15, 0.2) is 12.1 Å². The predicted molar refractivity (Wildman–Crippen MR) is 70.8 cm³/mol. The monoisotopic (exact) mass is 251 g/mol. The summed E-state index contributed by atoms with van der Waals surface area (Å²) < 4.78 is 10.1. The van der Waals surface area contributed by atoms with E-state index in [2.05, 4.69) is 12.2 Å². The van der Waals surface area contributed by atoms with Crippen LogP contribution in [0.5, 0.6) is 5.75 Å². The lowest BCUT2D eigenvalue weighted by atomic mass is 10.0. The Labute approximate surface area is 108 Å². The maximum atomic E-state index is 11.2. The molecule has 0 spiro atoms. The molecule has 1 aromatic rings. The molecule has 0 atom stereocenters. The van der Waals surface area contributed by atoms with Crippen LogP contribution in [0.1, 0.15) is 23.6 Å². The Morgan fingerprint density at radius 1 is 1.28 bits per heavy atom. The smallest absolute Gasteiger partial charge is 0.319 e. The maximum absolute atomic E-state index is 11.2. The summed E-state index contributed by atoms with van der Waals surface area (Å²) in [6.07, 6.45) is 0. The van der Waals surface area contributed by atoms with Crippen LogP contribution >= 0.6 is 0 Å². The Kier molecular flexibility index (Phi) is 5.65. The van der Waals surface area contributed by atoms with Gasteiger partial charge in [-0.2, -0.15) is 0 Å². The lowest BCUT2D eigenvalue weighted by molar-refractivity contribution is -0.142. The SMILES string of the molecule is CCOC(=O)CNCc1ccc(OC)c(C)c1C. The molecule has 18 heavy (non-hydrogen) atoms. The Morgan fingerprint density at radius 2 is 2.00 bits per heavy atom. The normalized spacial score (nSPS) is 10.2. The van der Waals surface area contributed by atoms with Crippen LogP contribution in [-0.2, 0) is 16.1 Å². The van der Waals surface area contributed by atoms with Gasteiger partial charge in [-0.25, -0.2) is 0 Å². The van der Waals surface area contributed by atoms with E-state index in [-0.39, 0.29) is 12.5 Å². The quantitative estimate of drug-likeness (QED) is 0.785. The van der Waals surface area contributed by atoms with Crippen LogP contribution in [0, 0.1) is 13.8 Å². The number of carbonyl (C=O) groups is 1. The van der Waals surface area contributed by atoms with Crippen molar-refractivity contribution in [1.82, 2.24) is 5.32 Å². The molecule has 0 aromatic heterocycles. The molecule has 1 rings (SSSR count). The number of hydrogen-bond acceptors (Lipinski definition) is 4. The van der Waals surface area contributed by atoms with E-state index in [4.69, 9.17) is 9.47 Å². The third-order valence-electron chi connectivity index (χ3n) is 2.96. The minimum Gasteiger partial charge on any atom is -0.496 e. The summed E-state index contributed by atoms with van der Waals surface area (Å²) in [4.78, 5) is 11.2. The molecule has 0 amide bonds. The Morgan fingerprint density at radius 3 is 2.61 bits per heavy atom. The van der Waals surface area contributed by atoms with Gasteiger partial charge in [0.2, 0.25) is 0 Å². The zero-order valence-corrected chi connectivity index (χ0v) is 11.5. The molecule has 0 aliphatic rings. The van der Waals surface area contributed by atoms with Gasteiger partial charge in [0.25, 0.3) is 0 Å². The van der Waals surface area contributed by atoms with Gasteiger partial charge in [-0.3, -0.25) is 4.79 Å². The van der Waals surface area contributed by atoms with Crippen molar-refractivity contribution in [1.29, 1.82) is 0 Å². The molecular formula is C14H21NO3. The van der Waals surface area contributed by atoms with Gasteiger partial charge in [0.1, 0.15) is 5.75 Å². The Hall–Kier alpha value is -1.55. The Bertz CT molecular complexity index is 416. The van der Waals surface area contributed by atoms with Crippen molar-refractivity contribution in [3.8, 4) is 5.75 Å². The van der Waals surface area contributed by atoms with Gasteiger partial charge in [0.05, 0.1) is 20.3 Å². The van der Waals surface area contributed by atoms with Crippen LogP contribution in [0.3, 0.4) is 0 Å². The molecule has 0 fully saturated rings. The van der Waals surface area contributed by atoms with Gasteiger partial charge in [-0.1, -0.05) is 6.07 Å². The number of ether oxygens (including phenoxy) is 2. The molecule has 0 unspecified atom stereocenters. The third-order valence-corrected chi connectivity index (χ3v) is 2.96. The van der Waals surface area contributed by atoms with Crippen molar-refractivity contribution in [2.75, 3.05) is 20.3 Å². The van der Waals surface area contributed by atoms with Crippen LogP contribution in [0.2, 0.25) is 0 Å². The van der Waals surface area contributed by atoms with E-state index in [9.17, 15) is 4.79 Å². The lowest BCUT2D eigenvalue weighted by Crippen LogP contribution is -2.24. The summed E-state index contributed by atoms with van der Waals surface area (Å²) in [6.45, 7) is 7.19. The highest BCUT2D eigenvalue weighted by Crippen LogP contribution is 2.23. The number of hydrogen-bond donors (Lipinski definition) is 1. The minimum atomic E-state index is -0.222. The lowest BCUT2D eigenvalue weighted by Gasteiger charge is -2.13. The van der Waals surface area contributed by atoms with E-state index in [1.165, 1.54) is 5.56 Å². The second kappa shape index (κ2) is 7.01. The molecule has 0 aliphatic carbocycles. The second-order valence-electron chi connectivity index (χ2n) is 4.09. The summed E-state index contributed by atoms with van der Waals surface area (Å²) >= 11 is 0. The number of esters is 1. The first-order chi connectivity index (χ1) is 8.60. The zero-order chi connectivity index (χ0) is 13.5. The van der Waals surface area contributed by atoms with Crippen LogP contribution in [0.25, 0.3) is 0 Å². The van der Waals surface area contributed by atoms with E-state index in [0.29, 0.717) is 13.2 Å². The average molecular weight is 251 g/mol. The van der Waals surface area contributed by atoms with Crippen LogP contribution < -0.4 is 10.1 Å². The van der Waals surface area contributed by atoms with Crippen molar-refractivity contribution in [2.45, 2.75) is 27.3 Å². The molecule has 0 radical (unpaired) electrons. The summed E-state index contributed by atoms with van der Waals surface area (Å²) in [5, 5.41) is 3.08. The summed E-state index contributed by atoms with van der Waals surface area (Å²) in [6, 6.07) is 3.96. The summed E-state index contributed by atoms with van der Waals surface area (Å²) in [5.74, 6) is 0.669. The number of benzene rings is 1. The molecule has 1 aromatic carbocycles. The average Bonchev–Trinajstić information content (AvgIpc) is 2.35. The molecule has 0 saturated carbocycles. The minimum absolute atomic E-state index is 0.222. The summed E-state index contributed by atoms with van der Waals surface area (Å²) in [5.41, 5.74) is 3.48. The van der Waals surface area contributed by atoms with Gasteiger partial charge in [0, 0.05) is 6.54 Å². The molecule has 0 saturated heterocycles. The highest BCUT2D eigenvalue weighted by atomic mass is 16.5. The van der Waals surface area contributed by atoms with Gasteiger partial charge in [0.15, 0.2) is 0 Å². The highest BCUT2D eigenvalue weighted by molar-refractivity contribution is 5.71. The zero-order valence-electron chi connectivity index (χ0n) is 11.5. The van der Waals surface area contributed by atoms with E-state index >= 15 is 0 Å². The first-order valence-corrected chi connectivity index (χ1v) is 6.09. The molecule has 1 N–H and O–H groups in total. The third kappa shape index (κ3) is 3.74. The second-order valence-corrected chi connectivity index (χ2v) is 4.09.